The summed E-state index contributed by atoms with van der Waals surface area (Å²) in [6.07, 6.45) is 2.17. The van der Waals surface area contributed by atoms with Crippen LogP contribution in [0.25, 0.3) is 11.0 Å². The Bertz CT molecular complexity index is 778. The van der Waals surface area contributed by atoms with Gasteiger partial charge in [0.25, 0.3) is 0 Å². The first-order chi connectivity index (χ1) is 11.5. The number of aliphatic carboxylic acids is 1. The fourth-order valence-electron chi connectivity index (χ4n) is 2.32. The summed E-state index contributed by atoms with van der Waals surface area (Å²) in [5.74, 6) is -1.40. The SMILES string of the molecule is CCCC(CC)Oc1c(O)c2ccc(OCC(=O)O)cc2oc1=O. The first-order valence-electron chi connectivity index (χ1n) is 7.77. The molecule has 0 fully saturated rings. The maximum absolute atomic E-state index is 12.1. The van der Waals surface area contributed by atoms with Crippen molar-refractivity contribution in [2.24, 2.45) is 0 Å². The second-order valence-corrected chi connectivity index (χ2v) is 5.34. The monoisotopic (exact) mass is 336 g/mol. The van der Waals surface area contributed by atoms with Crippen LogP contribution in [0.3, 0.4) is 0 Å². The van der Waals surface area contributed by atoms with Crippen LogP contribution in [0, 0.1) is 0 Å². The van der Waals surface area contributed by atoms with Gasteiger partial charge in [-0.2, -0.15) is 0 Å². The Hall–Kier alpha value is -2.70. The van der Waals surface area contributed by atoms with Crippen LogP contribution < -0.4 is 15.1 Å². The number of fused-ring (bicyclic) bond motifs is 1. The highest BCUT2D eigenvalue weighted by atomic mass is 16.5. The molecule has 2 aromatic rings. The Morgan fingerprint density at radius 2 is 2.08 bits per heavy atom. The van der Waals surface area contributed by atoms with E-state index < -0.39 is 18.2 Å². The van der Waals surface area contributed by atoms with Crippen LogP contribution in [-0.4, -0.2) is 28.9 Å². The van der Waals surface area contributed by atoms with Gasteiger partial charge >= 0.3 is 11.6 Å². The summed E-state index contributed by atoms with van der Waals surface area (Å²) in [6, 6.07) is 4.32. The Morgan fingerprint density at radius 1 is 1.33 bits per heavy atom. The number of aromatic hydroxyl groups is 1. The Balaban J connectivity index is 2.37. The highest BCUT2D eigenvalue weighted by Crippen LogP contribution is 2.34. The van der Waals surface area contributed by atoms with E-state index in [4.69, 9.17) is 19.0 Å². The molecule has 1 aromatic carbocycles. The van der Waals surface area contributed by atoms with Crippen molar-refractivity contribution >= 4 is 16.9 Å². The third kappa shape index (κ3) is 3.98. The fourth-order valence-corrected chi connectivity index (χ4v) is 2.32. The first-order valence-corrected chi connectivity index (χ1v) is 7.77. The van der Waals surface area contributed by atoms with Gasteiger partial charge in [-0.3, -0.25) is 0 Å². The summed E-state index contributed by atoms with van der Waals surface area (Å²) < 4.78 is 15.8. The highest BCUT2D eigenvalue weighted by Gasteiger charge is 2.19. The van der Waals surface area contributed by atoms with E-state index in [0.717, 1.165) is 12.8 Å². The second kappa shape index (κ2) is 7.72. The number of hydrogen-bond acceptors (Lipinski definition) is 6. The molecule has 2 N–H and O–H groups in total. The van der Waals surface area contributed by atoms with Gasteiger partial charge in [0.1, 0.15) is 11.3 Å². The van der Waals surface area contributed by atoms with Crippen LogP contribution in [0.1, 0.15) is 33.1 Å². The van der Waals surface area contributed by atoms with Crippen molar-refractivity contribution in [3.05, 3.63) is 28.6 Å². The zero-order valence-electron chi connectivity index (χ0n) is 13.6. The van der Waals surface area contributed by atoms with Gasteiger partial charge < -0.3 is 24.1 Å². The molecular weight excluding hydrogens is 316 g/mol. The number of rotatable bonds is 8. The molecule has 0 saturated heterocycles. The predicted molar refractivity (Wildman–Crippen MR) is 86.9 cm³/mol. The van der Waals surface area contributed by atoms with E-state index >= 15 is 0 Å². The molecule has 0 amide bonds. The van der Waals surface area contributed by atoms with E-state index in [1.165, 1.54) is 18.2 Å². The molecule has 7 nitrogen and oxygen atoms in total. The van der Waals surface area contributed by atoms with Gasteiger partial charge in [-0.05, 0) is 25.0 Å². The van der Waals surface area contributed by atoms with Crippen molar-refractivity contribution in [3.8, 4) is 17.2 Å². The molecule has 0 spiro atoms. The topological polar surface area (TPSA) is 106 Å². The van der Waals surface area contributed by atoms with Crippen LogP contribution >= 0.6 is 0 Å². The van der Waals surface area contributed by atoms with Crippen molar-refractivity contribution in [2.45, 2.75) is 39.2 Å². The van der Waals surface area contributed by atoms with E-state index in [0.29, 0.717) is 11.8 Å². The largest absolute Gasteiger partial charge is 0.504 e. The normalized spacial score (nSPS) is 12.1. The van der Waals surface area contributed by atoms with Gasteiger partial charge in [-0.15, -0.1) is 0 Å². The summed E-state index contributed by atoms with van der Waals surface area (Å²) in [5.41, 5.74) is -0.693. The van der Waals surface area contributed by atoms with Crippen molar-refractivity contribution in [3.63, 3.8) is 0 Å². The standard InChI is InChI=1S/C17H20O7/c1-3-5-10(4-2)23-16-15(20)12-7-6-11(22-9-14(18)19)8-13(12)24-17(16)21/h6-8,10,20H,3-5,9H2,1-2H3,(H,18,19). The molecule has 0 aliphatic rings. The molecule has 1 atom stereocenters. The number of ether oxygens (including phenoxy) is 2. The summed E-state index contributed by atoms with van der Waals surface area (Å²) in [7, 11) is 0. The van der Waals surface area contributed by atoms with Gasteiger partial charge in [0.15, 0.2) is 12.4 Å². The molecule has 1 aromatic heterocycles. The molecule has 0 bridgehead atoms. The van der Waals surface area contributed by atoms with Crippen molar-refractivity contribution in [2.75, 3.05) is 6.61 Å². The number of carbonyl (C=O) groups is 1. The lowest BCUT2D eigenvalue weighted by Gasteiger charge is -2.17. The zero-order chi connectivity index (χ0) is 17.7. The van der Waals surface area contributed by atoms with E-state index in [1.807, 2.05) is 13.8 Å². The minimum absolute atomic E-state index is 0.0938. The predicted octanol–water partition coefficient (Wildman–Crippen LogP) is 2.92. The van der Waals surface area contributed by atoms with Gasteiger partial charge in [-0.25, -0.2) is 9.59 Å². The van der Waals surface area contributed by atoms with Crippen LogP contribution in [0.5, 0.6) is 17.2 Å². The summed E-state index contributed by atoms with van der Waals surface area (Å²) in [6.45, 7) is 3.43. The van der Waals surface area contributed by atoms with Crippen LogP contribution in [0.15, 0.2) is 27.4 Å². The maximum Gasteiger partial charge on any atom is 0.383 e. The van der Waals surface area contributed by atoms with Gasteiger partial charge in [0.2, 0.25) is 5.75 Å². The first kappa shape index (κ1) is 17.7. The molecule has 24 heavy (non-hydrogen) atoms. The maximum atomic E-state index is 12.1. The molecule has 0 aliphatic carbocycles. The number of carboxylic acid groups (broad SMARTS) is 1. The minimum atomic E-state index is -1.12. The third-order valence-corrected chi connectivity index (χ3v) is 3.52. The van der Waals surface area contributed by atoms with Gasteiger partial charge in [0, 0.05) is 6.07 Å². The van der Waals surface area contributed by atoms with E-state index in [1.54, 1.807) is 0 Å². The highest BCUT2D eigenvalue weighted by molar-refractivity contribution is 5.86. The van der Waals surface area contributed by atoms with Gasteiger partial charge in [0.05, 0.1) is 11.5 Å². The molecule has 2 rings (SSSR count). The lowest BCUT2D eigenvalue weighted by Crippen LogP contribution is -2.19. The fraction of sp³-hybridized carbons (Fsp3) is 0.412. The van der Waals surface area contributed by atoms with E-state index in [9.17, 15) is 14.7 Å². The van der Waals surface area contributed by atoms with Crippen molar-refractivity contribution < 1.29 is 28.9 Å². The summed E-state index contributed by atoms with van der Waals surface area (Å²) >= 11 is 0. The number of carboxylic acids is 1. The Morgan fingerprint density at radius 3 is 2.71 bits per heavy atom. The Kier molecular flexibility index (Phi) is 5.68. The summed E-state index contributed by atoms with van der Waals surface area (Å²) in [5, 5.41) is 19.2. The van der Waals surface area contributed by atoms with Crippen LogP contribution in [0.4, 0.5) is 0 Å². The van der Waals surface area contributed by atoms with Crippen molar-refractivity contribution in [1.82, 2.24) is 0 Å². The number of hydrogen-bond donors (Lipinski definition) is 2. The lowest BCUT2D eigenvalue weighted by atomic mass is 10.1. The molecule has 0 radical (unpaired) electrons. The van der Waals surface area contributed by atoms with Crippen LogP contribution in [-0.2, 0) is 4.79 Å². The summed E-state index contributed by atoms with van der Waals surface area (Å²) in [4.78, 5) is 22.6. The van der Waals surface area contributed by atoms with E-state index in [-0.39, 0.29) is 28.9 Å². The molecule has 0 aliphatic heterocycles. The van der Waals surface area contributed by atoms with Gasteiger partial charge in [-0.1, -0.05) is 20.3 Å². The molecular formula is C17H20O7. The molecule has 130 valence electrons. The van der Waals surface area contributed by atoms with Crippen molar-refractivity contribution in [1.29, 1.82) is 0 Å². The number of benzene rings is 1. The zero-order valence-corrected chi connectivity index (χ0v) is 13.6. The minimum Gasteiger partial charge on any atom is -0.504 e. The molecule has 1 unspecified atom stereocenters. The molecule has 1 heterocycles. The lowest BCUT2D eigenvalue weighted by molar-refractivity contribution is -0.139. The molecule has 0 saturated carbocycles. The quantitative estimate of drug-likeness (QED) is 0.714. The smallest absolute Gasteiger partial charge is 0.383 e. The average molecular weight is 336 g/mol. The third-order valence-electron chi connectivity index (χ3n) is 3.52. The molecule has 7 heteroatoms. The second-order valence-electron chi connectivity index (χ2n) is 5.34. The average Bonchev–Trinajstić information content (AvgIpc) is 2.55. The Labute approximate surface area is 138 Å². The van der Waals surface area contributed by atoms with E-state index in [2.05, 4.69) is 0 Å². The van der Waals surface area contributed by atoms with Crippen LogP contribution in [0.2, 0.25) is 0 Å².